The van der Waals surface area contributed by atoms with Crippen molar-refractivity contribution in [2.45, 2.75) is 26.3 Å². The predicted octanol–water partition coefficient (Wildman–Crippen LogP) is 3.47. The molecule has 2 heterocycles. The fourth-order valence-corrected chi connectivity index (χ4v) is 4.38. The fraction of sp³-hybridized carbons (Fsp3) is 0.435. The Morgan fingerprint density at radius 1 is 1.14 bits per heavy atom. The second kappa shape index (κ2) is 7.82. The Balaban J connectivity index is 1.61. The van der Waals surface area contributed by atoms with Gasteiger partial charge in [0, 0.05) is 37.6 Å². The number of amides is 1. The Labute approximate surface area is 166 Å². The van der Waals surface area contributed by atoms with Crippen LogP contribution in [-0.4, -0.2) is 38.1 Å². The highest BCUT2D eigenvalue weighted by atomic mass is 19.1. The molecule has 0 radical (unpaired) electrons. The van der Waals surface area contributed by atoms with Crippen LogP contribution in [-0.2, 0) is 11.2 Å². The van der Waals surface area contributed by atoms with Gasteiger partial charge in [-0.3, -0.25) is 4.79 Å². The summed E-state index contributed by atoms with van der Waals surface area (Å²) in [5.74, 6) is 0.258. The van der Waals surface area contributed by atoms with Crippen molar-refractivity contribution < 1.29 is 9.18 Å². The first-order valence-electron chi connectivity index (χ1n) is 10.2. The molecule has 2 aromatic carbocycles. The maximum atomic E-state index is 13.3. The zero-order valence-corrected chi connectivity index (χ0v) is 16.6. The lowest BCUT2D eigenvalue weighted by molar-refractivity contribution is -0.126. The summed E-state index contributed by atoms with van der Waals surface area (Å²) in [7, 11) is 0. The molecule has 1 amide bonds. The van der Waals surface area contributed by atoms with E-state index in [2.05, 4.69) is 53.2 Å². The van der Waals surface area contributed by atoms with Crippen molar-refractivity contribution >= 4 is 17.3 Å². The number of rotatable bonds is 4. The van der Waals surface area contributed by atoms with Crippen LogP contribution in [0.5, 0.6) is 0 Å². The van der Waals surface area contributed by atoms with Crippen molar-refractivity contribution in [2.75, 3.05) is 36.0 Å². The third kappa shape index (κ3) is 3.71. The monoisotopic (exact) mass is 381 g/mol. The molecule has 0 aliphatic carbocycles. The van der Waals surface area contributed by atoms with Crippen molar-refractivity contribution in [1.82, 2.24) is 5.32 Å². The Morgan fingerprint density at radius 2 is 1.89 bits per heavy atom. The van der Waals surface area contributed by atoms with Gasteiger partial charge in [0.15, 0.2) is 0 Å². The summed E-state index contributed by atoms with van der Waals surface area (Å²) in [6.07, 6.45) is 0.762. The van der Waals surface area contributed by atoms with Crippen LogP contribution in [0.4, 0.5) is 15.8 Å². The van der Waals surface area contributed by atoms with Crippen LogP contribution in [0, 0.1) is 17.7 Å². The molecule has 4 rings (SSSR count). The molecule has 2 aliphatic heterocycles. The zero-order valence-electron chi connectivity index (χ0n) is 16.6. The van der Waals surface area contributed by atoms with E-state index in [1.54, 1.807) is 0 Å². The Morgan fingerprint density at radius 3 is 2.64 bits per heavy atom. The topological polar surface area (TPSA) is 35.6 Å². The SMILES string of the molecule is CC(C)CNC(=O)[C@H]1Cc2ccccc2N2CCN(c3ccc(F)cc3)C[C@H]12. The summed E-state index contributed by atoms with van der Waals surface area (Å²) in [6, 6.07) is 15.2. The maximum Gasteiger partial charge on any atom is 0.225 e. The molecule has 1 fully saturated rings. The molecule has 2 aliphatic rings. The highest BCUT2D eigenvalue weighted by Crippen LogP contribution is 2.36. The quantitative estimate of drug-likeness (QED) is 0.881. The van der Waals surface area contributed by atoms with Gasteiger partial charge in [-0.05, 0) is 48.2 Å². The maximum absolute atomic E-state index is 13.3. The first kappa shape index (κ1) is 18.8. The summed E-state index contributed by atoms with van der Waals surface area (Å²) in [5, 5.41) is 3.14. The van der Waals surface area contributed by atoms with Crippen LogP contribution in [0.1, 0.15) is 19.4 Å². The number of piperazine rings is 1. The number of anilines is 2. The van der Waals surface area contributed by atoms with Crippen molar-refractivity contribution in [3.8, 4) is 0 Å². The normalized spacial score (nSPS) is 21.3. The van der Waals surface area contributed by atoms with Crippen molar-refractivity contribution in [3.05, 3.63) is 59.9 Å². The molecule has 148 valence electrons. The Kier molecular flexibility index (Phi) is 5.25. The van der Waals surface area contributed by atoms with Crippen LogP contribution in [0.2, 0.25) is 0 Å². The van der Waals surface area contributed by atoms with Gasteiger partial charge in [-0.25, -0.2) is 4.39 Å². The van der Waals surface area contributed by atoms with E-state index in [4.69, 9.17) is 0 Å². The summed E-state index contributed by atoms with van der Waals surface area (Å²) in [6.45, 7) is 7.40. The molecule has 4 nitrogen and oxygen atoms in total. The zero-order chi connectivity index (χ0) is 19.7. The first-order chi connectivity index (χ1) is 13.5. The van der Waals surface area contributed by atoms with Gasteiger partial charge < -0.3 is 15.1 Å². The molecule has 0 spiro atoms. The average molecular weight is 381 g/mol. The van der Waals surface area contributed by atoms with Gasteiger partial charge in [0.2, 0.25) is 5.91 Å². The second-order valence-corrected chi connectivity index (χ2v) is 8.26. The molecule has 1 saturated heterocycles. The van der Waals surface area contributed by atoms with Crippen LogP contribution >= 0.6 is 0 Å². The standard InChI is InChI=1S/C23H28FN3O/c1-16(2)14-25-23(28)20-13-17-5-3-4-6-21(17)27-12-11-26(15-22(20)27)19-9-7-18(24)8-10-19/h3-10,16,20,22H,11-15H2,1-2H3,(H,25,28)/t20-,22+/m0/s1. The number of carbonyl (C=O) groups excluding carboxylic acids is 1. The summed E-state index contributed by atoms with van der Waals surface area (Å²) in [5.41, 5.74) is 3.51. The fourth-order valence-electron chi connectivity index (χ4n) is 4.38. The van der Waals surface area contributed by atoms with Gasteiger partial charge >= 0.3 is 0 Å². The van der Waals surface area contributed by atoms with Crippen LogP contribution in [0.3, 0.4) is 0 Å². The first-order valence-corrected chi connectivity index (χ1v) is 10.2. The average Bonchev–Trinajstić information content (AvgIpc) is 2.71. The van der Waals surface area contributed by atoms with Gasteiger partial charge in [0.1, 0.15) is 5.82 Å². The number of hydrogen-bond acceptors (Lipinski definition) is 3. The summed E-state index contributed by atoms with van der Waals surface area (Å²) < 4.78 is 13.3. The van der Waals surface area contributed by atoms with Crippen molar-refractivity contribution in [1.29, 1.82) is 0 Å². The van der Waals surface area contributed by atoms with E-state index < -0.39 is 0 Å². The molecule has 1 N–H and O–H groups in total. The number of hydrogen-bond donors (Lipinski definition) is 1. The minimum absolute atomic E-state index is 0.0862. The Hall–Kier alpha value is -2.56. The molecular formula is C23H28FN3O. The molecular weight excluding hydrogens is 353 g/mol. The number of benzene rings is 2. The predicted molar refractivity (Wildman–Crippen MR) is 111 cm³/mol. The smallest absolute Gasteiger partial charge is 0.225 e. The van der Waals surface area contributed by atoms with E-state index in [0.717, 1.165) is 31.7 Å². The third-order valence-electron chi connectivity index (χ3n) is 5.84. The van der Waals surface area contributed by atoms with Crippen LogP contribution in [0.15, 0.2) is 48.5 Å². The summed E-state index contributed by atoms with van der Waals surface area (Å²) in [4.78, 5) is 17.7. The lowest BCUT2D eigenvalue weighted by Crippen LogP contribution is -2.61. The Bertz CT molecular complexity index is 836. The number of nitrogens with one attached hydrogen (secondary N) is 1. The van der Waals surface area contributed by atoms with E-state index in [-0.39, 0.29) is 23.7 Å². The molecule has 28 heavy (non-hydrogen) atoms. The van der Waals surface area contributed by atoms with Gasteiger partial charge in [-0.2, -0.15) is 0 Å². The number of nitrogens with zero attached hydrogens (tertiary/aromatic N) is 2. The molecule has 5 heteroatoms. The minimum atomic E-state index is -0.222. The molecule has 0 unspecified atom stereocenters. The molecule has 0 saturated carbocycles. The van der Waals surface area contributed by atoms with Crippen molar-refractivity contribution in [3.63, 3.8) is 0 Å². The van der Waals surface area contributed by atoms with Crippen LogP contribution in [0.25, 0.3) is 0 Å². The summed E-state index contributed by atoms with van der Waals surface area (Å²) >= 11 is 0. The van der Waals surface area contributed by atoms with Crippen LogP contribution < -0.4 is 15.1 Å². The van der Waals surface area contributed by atoms with Gasteiger partial charge in [-0.1, -0.05) is 32.0 Å². The lowest BCUT2D eigenvalue weighted by atomic mass is 9.83. The number of para-hydroxylation sites is 1. The van der Waals surface area contributed by atoms with E-state index in [1.807, 2.05) is 12.1 Å². The number of fused-ring (bicyclic) bond motifs is 3. The van der Waals surface area contributed by atoms with E-state index in [1.165, 1.54) is 23.4 Å². The highest BCUT2D eigenvalue weighted by Gasteiger charge is 2.41. The molecule has 0 bridgehead atoms. The number of halogens is 1. The largest absolute Gasteiger partial charge is 0.368 e. The molecule has 2 atom stereocenters. The molecule has 2 aromatic rings. The lowest BCUT2D eigenvalue weighted by Gasteiger charge is -2.49. The van der Waals surface area contributed by atoms with Gasteiger partial charge in [0.25, 0.3) is 0 Å². The second-order valence-electron chi connectivity index (χ2n) is 8.26. The van der Waals surface area contributed by atoms with E-state index in [0.29, 0.717) is 12.5 Å². The van der Waals surface area contributed by atoms with Crippen molar-refractivity contribution in [2.24, 2.45) is 11.8 Å². The molecule has 0 aromatic heterocycles. The van der Waals surface area contributed by atoms with E-state index in [9.17, 15) is 9.18 Å². The van der Waals surface area contributed by atoms with Gasteiger partial charge in [-0.15, -0.1) is 0 Å². The van der Waals surface area contributed by atoms with Gasteiger partial charge in [0.05, 0.1) is 12.0 Å². The third-order valence-corrected chi connectivity index (χ3v) is 5.84. The highest BCUT2D eigenvalue weighted by molar-refractivity contribution is 5.82. The number of carbonyl (C=O) groups is 1. The minimum Gasteiger partial charge on any atom is -0.368 e. The van der Waals surface area contributed by atoms with E-state index >= 15 is 0 Å².